The van der Waals surface area contributed by atoms with Crippen LogP contribution in [0, 0.1) is 0 Å². The van der Waals surface area contributed by atoms with E-state index in [9.17, 15) is 0 Å². The predicted molar refractivity (Wildman–Crippen MR) is 101 cm³/mol. The van der Waals surface area contributed by atoms with Crippen LogP contribution in [-0.2, 0) is 0 Å². The van der Waals surface area contributed by atoms with E-state index in [4.69, 9.17) is 19.3 Å². The van der Waals surface area contributed by atoms with Gasteiger partial charge in [0.2, 0.25) is 0 Å². The fourth-order valence-electron chi connectivity index (χ4n) is 3.19. The molecule has 0 saturated carbocycles. The summed E-state index contributed by atoms with van der Waals surface area (Å²) in [6.07, 6.45) is 0. The number of fused-ring (bicyclic) bond motifs is 2. The number of likely N-dealkylation sites (N-methyl/N-ethyl adjacent to an activating group) is 1. The van der Waals surface area contributed by atoms with E-state index in [1.165, 1.54) is 0 Å². The van der Waals surface area contributed by atoms with Crippen LogP contribution < -0.4 is 5.32 Å². The van der Waals surface area contributed by atoms with Crippen LogP contribution in [0.4, 0.5) is 17.1 Å². The number of nitrogens with zero attached hydrogens (tertiary/aromatic N) is 3. The van der Waals surface area contributed by atoms with E-state index in [-0.39, 0.29) is 0 Å². The monoisotopic (exact) mass is 342 g/mol. The smallest absolute Gasteiger partial charge is 0.138 e. The SMILES string of the molecule is [2H]C([2H])(C)N1CCN(C2=Nc3cc(Cl)ccc3Nc3ccccc32)CC1. The molecular formula is C19H21ClN4. The van der Waals surface area contributed by atoms with Crippen molar-refractivity contribution < 1.29 is 2.74 Å². The summed E-state index contributed by atoms with van der Waals surface area (Å²) in [5.41, 5.74) is 3.81. The summed E-state index contributed by atoms with van der Waals surface area (Å²) in [6.45, 7) is 3.12. The first-order chi connectivity index (χ1) is 12.4. The highest BCUT2D eigenvalue weighted by atomic mass is 35.5. The maximum Gasteiger partial charge on any atom is 0.138 e. The summed E-state index contributed by atoms with van der Waals surface area (Å²) >= 11 is 6.19. The molecule has 0 amide bonds. The number of hydrogen-bond acceptors (Lipinski definition) is 4. The van der Waals surface area contributed by atoms with Gasteiger partial charge in [0.15, 0.2) is 0 Å². The van der Waals surface area contributed by atoms with Crippen molar-refractivity contribution in [2.24, 2.45) is 4.99 Å². The van der Waals surface area contributed by atoms with Crippen molar-refractivity contribution in [1.82, 2.24) is 9.80 Å². The van der Waals surface area contributed by atoms with Crippen molar-refractivity contribution >= 4 is 34.5 Å². The van der Waals surface area contributed by atoms with Crippen LogP contribution in [0.3, 0.4) is 0 Å². The molecule has 2 aromatic rings. The Morgan fingerprint density at radius 3 is 2.71 bits per heavy atom. The maximum absolute atomic E-state index is 7.93. The third-order valence-electron chi connectivity index (χ3n) is 4.52. The summed E-state index contributed by atoms with van der Waals surface area (Å²) in [5.74, 6) is 0.908. The van der Waals surface area contributed by atoms with Gasteiger partial charge < -0.3 is 15.1 Å². The summed E-state index contributed by atoms with van der Waals surface area (Å²) < 4.78 is 15.9. The Balaban J connectivity index is 1.72. The van der Waals surface area contributed by atoms with E-state index in [1.807, 2.05) is 35.2 Å². The number of amidine groups is 1. The topological polar surface area (TPSA) is 30.9 Å². The largest absolute Gasteiger partial charge is 0.353 e. The number of halogens is 1. The van der Waals surface area contributed by atoms with Gasteiger partial charge in [-0.2, -0.15) is 0 Å². The highest BCUT2D eigenvalue weighted by molar-refractivity contribution is 6.31. The minimum Gasteiger partial charge on any atom is -0.353 e. The van der Waals surface area contributed by atoms with Crippen molar-refractivity contribution in [3.63, 3.8) is 0 Å². The van der Waals surface area contributed by atoms with Gasteiger partial charge in [-0.25, -0.2) is 4.99 Å². The van der Waals surface area contributed by atoms with Crippen molar-refractivity contribution in [2.45, 2.75) is 6.92 Å². The zero-order chi connectivity index (χ0) is 18.3. The van der Waals surface area contributed by atoms with Crippen LogP contribution in [-0.4, -0.2) is 48.3 Å². The molecule has 4 nitrogen and oxygen atoms in total. The first-order valence-corrected chi connectivity index (χ1v) is 8.54. The lowest BCUT2D eigenvalue weighted by atomic mass is 10.1. The van der Waals surface area contributed by atoms with Gasteiger partial charge >= 0.3 is 0 Å². The number of nitrogens with one attached hydrogen (secondary N) is 1. The quantitative estimate of drug-likeness (QED) is 0.846. The zero-order valence-electron chi connectivity index (χ0n) is 15.6. The summed E-state index contributed by atoms with van der Waals surface area (Å²) in [6, 6.07) is 13.8. The normalized spacial score (nSPS) is 19.2. The molecule has 24 heavy (non-hydrogen) atoms. The number of piperazine rings is 1. The number of aliphatic imine (C=N–C) groups is 1. The van der Waals surface area contributed by atoms with Crippen molar-refractivity contribution in [2.75, 3.05) is 38.0 Å². The standard InChI is InChI=1S/C19H21ClN4/c1-2-23-9-11-24(12-10-23)19-15-5-3-4-6-16(15)21-17-8-7-14(20)13-18(17)22-19/h3-8,13,21H,2,9-12H2,1H3/i2D2. The molecule has 4 rings (SSSR count). The Morgan fingerprint density at radius 1 is 1.12 bits per heavy atom. The third kappa shape index (κ3) is 2.87. The van der Waals surface area contributed by atoms with Crippen LogP contribution in [0.1, 0.15) is 15.2 Å². The molecule has 1 saturated heterocycles. The highest BCUT2D eigenvalue weighted by Gasteiger charge is 2.24. The summed E-state index contributed by atoms with van der Waals surface area (Å²) in [4.78, 5) is 9.04. The molecule has 0 spiro atoms. The molecule has 5 heteroatoms. The molecule has 2 heterocycles. The number of benzene rings is 2. The van der Waals surface area contributed by atoms with E-state index in [0.717, 1.165) is 41.6 Å². The second-order valence-corrected chi connectivity index (χ2v) is 6.40. The average Bonchev–Trinajstić information content (AvgIpc) is 2.77. The highest BCUT2D eigenvalue weighted by Crippen LogP contribution is 2.36. The minimum atomic E-state index is -1.29. The van der Waals surface area contributed by atoms with Crippen LogP contribution in [0.25, 0.3) is 0 Å². The Hall–Kier alpha value is -2.04. The molecule has 0 aromatic heterocycles. The number of para-hydroxylation sites is 1. The maximum atomic E-state index is 7.93. The van der Waals surface area contributed by atoms with Gasteiger partial charge in [0, 0.05) is 45.2 Å². The van der Waals surface area contributed by atoms with E-state index < -0.39 is 6.50 Å². The second-order valence-electron chi connectivity index (χ2n) is 5.97. The minimum absolute atomic E-state index is 0.656. The molecule has 0 bridgehead atoms. The lowest BCUT2D eigenvalue weighted by Crippen LogP contribution is -2.48. The summed E-state index contributed by atoms with van der Waals surface area (Å²) in [5, 5.41) is 4.12. The molecule has 0 unspecified atom stereocenters. The molecule has 124 valence electrons. The predicted octanol–water partition coefficient (Wildman–Crippen LogP) is 4.11. The van der Waals surface area contributed by atoms with Crippen molar-refractivity contribution in [3.8, 4) is 0 Å². The van der Waals surface area contributed by atoms with Crippen LogP contribution >= 0.6 is 11.6 Å². The van der Waals surface area contributed by atoms with Crippen molar-refractivity contribution in [1.29, 1.82) is 0 Å². The van der Waals surface area contributed by atoms with Crippen LogP contribution in [0.5, 0.6) is 0 Å². The van der Waals surface area contributed by atoms with E-state index in [1.54, 1.807) is 6.92 Å². The van der Waals surface area contributed by atoms with E-state index >= 15 is 0 Å². The Morgan fingerprint density at radius 2 is 1.92 bits per heavy atom. The molecule has 2 aromatic carbocycles. The molecule has 0 radical (unpaired) electrons. The molecule has 0 aliphatic carbocycles. The Labute approximate surface area is 150 Å². The van der Waals surface area contributed by atoms with Gasteiger partial charge in [-0.1, -0.05) is 30.7 Å². The van der Waals surface area contributed by atoms with Gasteiger partial charge in [0.05, 0.1) is 11.4 Å². The van der Waals surface area contributed by atoms with Crippen molar-refractivity contribution in [3.05, 3.63) is 53.1 Å². The van der Waals surface area contributed by atoms with E-state index in [0.29, 0.717) is 18.1 Å². The van der Waals surface area contributed by atoms with Crippen LogP contribution in [0.2, 0.25) is 5.02 Å². The van der Waals surface area contributed by atoms with Gasteiger partial charge in [-0.3, -0.25) is 0 Å². The fraction of sp³-hybridized carbons (Fsp3) is 0.316. The molecule has 2 aliphatic rings. The molecule has 1 N–H and O–H groups in total. The number of rotatable bonds is 1. The number of hydrogen-bond donors (Lipinski definition) is 1. The number of anilines is 2. The fourth-order valence-corrected chi connectivity index (χ4v) is 3.36. The van der Waals surface area contributed by atoms with Gasteiger partial charge in [-0.15, -0.1) is 0 Å². The van der Waals surface area contributed by atoms with Gasteiger partial charge in [0.25, 0.3) is 0 Å². The average molecular weight is 343 g/mol. The molecule has 1 fully saturated rings. The first-order valence-electron chi connectivity index (χ1n) is 9.16. The molecular weight excluding hydrogens is 320 g/mol. The van der Waals surface area contributed by atoms with Crippen LogP contribution in [0.15, 0.2) is 47.5 Å². The van der Waals surface area contributed by atoms with E-state index in [2.05, 4.69) is 22.3 Å². The lowest BCUT2D eigenvalue weighted by molar-refractivity contribution is 0.190. The Bertz CT molecular complexity index is 855. The van der Waals surface area contributed by atoms with Gasteiger partial charge in [-0.05, 0) is 36.8 Å². The first kappa shape index (κ1) is 13.3. The van der Waals surface area contributed by atoms with Gasteiger partial charge in [0.1, 0.15) is 5.84 Å². The lowest BCUT2D eigenvalue weighted by Gasteiger charge is -2.36. The Kier molecular flexibility index (Phi) is 3.57. The molecule has 0 atom stereocenters. The third-order valence-corrected chi connectivity index (χ3v) is 4.75. The second kappa shape index (κ2) is 6.46. The zero-order valence-corrected chi connectivity index (χ0v) is 14.3. The summed E-state index contributed by atoms with van der Waals surface area (Å²) in [7, 11) is 0. The molecule has 2 aliphatic heterocycles.